The van der Waals surface area contributed by atoms with Gasteiger partial charge in [-0.15, -0.1) is 0 Å². The van der Waals surface area contributed by atoms with Crippen molar-refractivity contribution in [3.63, 3.8) is 0 Å². The average molecular weight is 147 g/mol. The molecule has 0 spiro atoms. The number of thiol groups is 1. The van der Waals surface area contributed by atoms with E-state index in [2.05, 4.69) is 17.9 Å². The first kappa shape index (κ1) is 8.65. The quantitative estimate of drug-likeness (QED) is 0.306. The standard InChI is InChI=1S/C5H9NO2S/c7-2-1-6-3-5(8)4-9/h2,6,9H,1,3-4H2. The maximum Gasteiger partial charge on any atom is 0.156 e. The van der Waals surface area contributed by atoms with Crippen molar-refractivity contribution in [1.82, 2.24) is 5.32 Å². The van der Waals surface area contributed by atoms with Gasteiger partial charge in [-0.25, -0.2) is 0 Å². The van der Waals surface area contributed by atoms with Crippen molar-refractivity contribution >= 4 is 24.7 Å². The van der Waals surface area contributed by atoms with Crippen LogP contribution in [0.5, 0.6) is 0 Å². The zero-order chi connectivity index (χ0) is 7.11. The lowest BCUT2D eigenvalue weighted by Crippen LogP contribution is -2.25. The molecule has 0 unspecified atom stereocenters. The van der Waals surface area contributed by atoms with Crippen molar-refractivity contribution in [2.24, 2.45) is 0 Å². The smallest absolute Gasteiger partial charge is 0.156 e. The number of hydrogen-bond acceptors (Lipinski definition) is 4. The predicted octanol–water partition coefficient (Wildman–Crippen LogP) is -0.726. The third-order valence-corrected chi connectivity index (χ3v) is 1.08. The maximum atomic E-state index is 10.4. The fourth-order valence-corrected chi connectivity index (χ4v) is 0.438. The summed E-state index contributed by atoms with van der Waals surface area (Å²) in [7, 11) is 0. The summed E-state index contributed by atoms with van der Waals surface area (Å²) in [6.07, 6.45) is 0.714. The largest absolute Gasteiger partial charge is 0.303 e. The van der Waals surface area contributed by atoms with Crippen molar-refractivity contribution in [2.75, 3.05) is 18.8 Å². The average Bonchev–Trinajstić information content (AvgIpc) is 1.89. The van der Waals surface area contributed by atoms with Crippen molar-refractivity contribution < 1.29 is 9.59 Å². The summed E-state index contributed by atoms with van der Waals surface area (Å²) in [5.74, 6) is 0.228. The van der Waals surface area contributed by atoms with E-state index in [1.54, 1.807) is 0 Å². The van der Waals surface area contributed by atoms with Gasteiger partial charge in [0.25, 0.3) is 0 Å². The number of Topliss-reactive ketones (excluding diaryl/α,β-unsaturated/α-hetero) is 1. The van der Waals surface area contributed by atoms with E-state index in [4.69, 9.17) is 0 Å². The molecule has 0 aromatic rings. The Labute approximate surface area is 59.2 Å². The monoisotopic (exact) mass is 147 g/mol. The van der Waals surface area contributed by atoms with E-state index in [1.165, 1.54) is 0 Å². The molecule has 0 heterocycles. The SMILES string of the molecule is O=CCNCC(=O)CS. The Hall–Kier alpha value is -0.350. The molecule has 0 bridgehead atoms. The van der Waals surface area contributed by atoms with Crippen LogP contribution in [-0.2, 0) is 9.59 Å². The Morgan fingerprint density at radius 2 is 2.33 bits per heavy atom. The zero-order valence-electron chi connectivity index (χ0n) is 4.96. The van der Waals surface area contributed by atoms with Gasteiger partial charge in [0.15, 0.2) is 5.78 Å². The first-order valence-corrected chi connectivity index (χ1v) is 3.21. The third-order valence-electron chi connectivity index (χ3n) is 0.726. The van der Waals surface area contributed by atoms with Crippen LogP contribution in [0.1, 0.15) is 0 Å². The molecule has 0 aromatic heterocycles. The lowest BCUT2D eigenvalue weighted by Gasteiger charge is -1.94. The fourth-order valence-electron chi connectivity index (χ4n) is 0.326. The molecule has 0 amide bonds. The second-order valence-electron chi connectivity index (χ2n) is 1.49. The summed E-state index contributed by atoms with van der Waals surface area (Å²) in [6.45, 7) is 0.474. The van der Waals surface area contributed by atoms with Crippen molar-refractivity contribution in [1.29, 1.82) is 0 Å². The van der Waals surface area contributed by atoms with Crippen LogP contribution in [0.15, 0.2) is 0 Å². The summed E-state index contributed by atoms with van der Waals surface area (Å²) in [5, 5.41) is 2.62. The molecule has 0 aromatic carbocycles. The molecule has 3 nitrogen and oxygen atoms in total. The highest BCUT2D eigenvalue weighted by atomic mass is 32.1. The highest BCUT2D eigenvalue weighted by molar-refractivity contribution is 7.81. The van der Waals surface area contributed by atoms with E-state index < -0.39 is 0 Å². The normalized spacial score (nSPS) is 9.00. The number of rotatable bonds is 5. The van der Waals surface area contributed by atoms with Crippen LogP contribution >= 0.6 is 12.6 Å². The van der Waals surface area contributed by atoms with Crippen LogP contribution in [-0.4, -0.2) is 30.9 Å². The molecule has 9 heavy (non-hydrogen) atoms. The first-order chi connectivity index (χ1) is 4.31. The molecular weight excluding hydrogens is 138 g/mol. The number of aldehydes is 1. The lowest BCUT2D eigenvalue weighted by atomic mass is 10.4. The zero-order valence-corrected chi connectivity index (χ0v) is 5.86. The van der Waals surface area contributed by atoms with Gasteiger partial charge in [0.2, 0.25) is 0 Å². The number of carbonyl (C=O) groups excluding carboxylic acids is 2. The van der Waals surface area contributed by atoms with Crippen LogP contribution in [0.4, 0.5) is 0 Å². The number of ketones is 1. The van der Waals surface area contributed by atoms with E-state index >= 15 is 0 Å². The Kier molecular flexibility index (Phi) is 5.56. The fraction of sp³-hybridized carbons (Fsp3) is 0.600. The summed E-state index contributed by atoms with van der Waals surface area (Å²) in [6, 6.07) is 0. The minimum atomic E-state index is 0.000170. The summed E-state index contributed by atoms with van der Waals surface area (Å²) in [5.41, 5.74) is 0. The van der Waals surface area contributed by atoms with E-state index in [1.807, 2.05) is 0 Å². The van der Waals surface area contributed by atoms with Crippen LogP contribution in [0.3, 0.4) is 0 Å². The Bertz CT molecular complexity index is 105. The second-order valence-corrected chi connectivity index (χ2v) is 1.81. The molecule has 0 aliphatic rings. The highest BCUT2D eigenvalue weighted by Gasteiger charge is 1.94. The third kappa shape index (κ3) is 5.52. The van der Waals surface area contributed by atoms with Crippen LogP contribution in [0, 0.1) is 0 Å². The van der Waals surface area contributed by atoms with Gasteiger partial charge < -0.3 is 10.1 Å². The molecule has 0 atom stereocenters. The van der Waals surface area contributed by atoms with Gasteiger partial charge >= 0.3 is 0 Å². The Morgan fingerprint density at radius 1 is 1.67 bits per heavy atom. The molecule has 0 fully saturated rings. The van der Waals surface area contributed by atoms with Gasteiger partial charge in [0.05, 0.1) is 18.8 Å². The number of nitrogens with one attached hydrogen (secondary N) is 1. The van der Waals surface area contributed by atoms with Gasteiger partial charge in [-0.3, -0.25) is 4.79 Å². The minimum Gasteiger partial charge on any atom is -0.303 e. The van der Waals surface area contributed by atoms with Crippen LogP contribution in [0.2, 0.25) is 0 Å². The lowest BCUT2D eigenvalue weighted by molar-refractivity contribution is -0.115. The molecule has 52 valence electrons. The number of hydrogen-bond donors (Lipinski definition) is 2. The molecule has 0 rings (SSSR count). The summed E-state index contributed by atoms with van der Waals surface area (Å²) < 4.78 is 0. The molecule has 4 heteroatoms. The van der Waals surface area contributed by atoms with Gasteiger partial charge in [-0.1, -0.05) is 0 Å². The highest BCUT2D eigenvalue weighted by Crippen LogP contribution is 1.73. The molecular formula is C5H9NO2S. The van der Waals surface area contributed by atoms with Gasteiger partial charge in [0, 0.05) is 0 Å². The van der Waals surface area contributed by atoms with Crippen molar-refractivity contribution in [3.05, 3.63) is 0 Å². The number of carbonyl (C=O) groups is 2. The summed E-state index contributed by atoms with van der Waals surface area (Å²) >= 11 is 3.74. The topological polar surface area (TPSA) is 46.2 Å². The van der Waals surface area contributed by atoms with Crippen LogP contribution < -0.4 is 5.32 Å². The summed E-state index contributed by atoms with van der Waals surface area (Å²) in [4.78, 5) is 20.1. The van der Waals surface area contributed by atoms with E-state index in [0.29, 0.717) is 6.29 Å². The van der Waals surface area contributed by atoms with Crippen molar-refractivity contribution in [3.8, 4) is 0 Å². The molecule has 0 aliphatic carbocycles. The molecule has 0 radical (unpaired) electrons. The van der Waals surface area contributed by atoms with Gasteiger partial charge in [-0.05, 0) is 0 Å². The van der Waals surface area contributed by atoms with Gasteiger partial charge in [0.1, 0.15) is 6.29 Å². The second kappa shape index (κ2) is 5.78. The van der Waals surface area contributed by atoms with Gasteiger partial charge in [-0.2, -0.15) is 12.6 Å². The van der Waals surface area contributed by atoms with E-state index in [9.17, 15) is 9.59 Å². The molecule has 0 saturated carbocycles. The minimum absolute atomic E-state index is 0.000170. The van der Waals surface area contributed by atoms with E-state index in [0.717, 1.165) is 0 Å². The molecule has 1 N–H and O–H groups in total. The van der Waals surface area contributed by atoms with Crippen LogP contribution in [0.25, 0.3) is 0 Å². The molecule has 0 aliphatic heterocycles. The predicted molar refractivity (Wildman–Crippen MR) is 37.8 cm³/mol. The molecule has 0 saturated heterocycles. The Morgan fingerprint density at radius 3 is 2.78 bits per heavy atom. The first-order valence-electron chi connectivity index (χ1n) is 2.58. The maximum absolute atomic E-state index is 10.4. The van der Waals surface area contributed by atoms with Crippen molar-refractivity contribution in [2.45, 2.75) is 0 Å². The van der Waals surface area contributed by atoms with E-state index in [-0.39, 0.29) is 24.6 Å². The Balaban J connectivity index is 3.06.